The zero-order valence-electron chi connectivity index (χ0n) is 11.8. The topological polar surface area (TPSA) is 36.7 Å². The van der Waals surface area contributed by atoms with Crippen LogP contribution in [0.15, 0.2) is 24.8 Å². The Bertz CT molecular complexity index is 579. The van der Waals surface area contributed by atoms with Gasteiger partial charge in [0.05, 0.1) is 0 Å². The van der Waals surface area contributed by atoms with Crippen LogP contribution in [-0.2, 0) is 0 Å². The normalized spacial score (nSPS) is 21.9. The summed E-state index contributed by atoms with van der Waals surface area (Å²) in [5.74, 6) is 1.03. The van der Waals surface area contributed by atoms with Crippen LogP contribution in [0.3, 0.4) is 0 Å². The van der Waals surface area contributed by atoms with Crippen LogP contribution in [0, 0.1) is 0 Å². The second-order valence-electron chi connectivity index (χ2n) is 5.87. The van der Waals surface area contributed by atoms with Gasteiger partial charge in [-0.1, -0.05) is 12.8 Å². The molecule has 5 nitrogen and oxygen atoms in total. The summed E-state index contributed by atoms with van der Waals surface area (Å²) in [5.41, 5.74) is 0.974. The molecule has 5 heteroatoms. The standard InChI is InChI=1S/C15H21N5/c1-2-4-13(3-1)18-9-11-20(12-10-18)15-14-16-5-7-19(14)8-6-17-15/h5-8,13H,1-4,9-12H2. The van der Waals surface area contributed by atoms with Gasteiger partial charge in [-0.05, 0) is 12.8 Å². The number of anilines is 1. The Labute approximate surface area is 119 Å². The molecular weight excluding hydrogens is 250 g/mol. The van der Waals surface area contributed by atoms with Crippen LogP contribution >= 0.6 is 0 Å². The molecule has 0 aromatic carbocycles. The van der Waals surface area contributed by atoms with Crippen LogP contribution in [-0.4, -0.2) is 51.5 Å². The summed E-state index contributed by atoms with van der Waals surface area (Å²) in [4.78, 5) is 14.0. The smallest absolute Gasteiger partial charge is 0.180 e. The van der Waals surface area contributed by atoms with Crippen molar-refractivity contribution in [1.82, 2.24) is 19.3 Å². The number of fused-ring (bicyclic) bond motifs is 1. The molecule has 2 fully saturated rings. The third-order valence-corrected chi connectivity index (χ3v) is 4.75. The monoisotopic (exact) mass is 271 g/mol. The Kier molecular flexibility index (Phi) is 3.07. The second kappa shape index (κ2) is 5.05. The molecular formula is C15H21N5. The Morgan fingerprint density at radius 1 is 0.900 bits per heavy atom. The van der Waals surface area contributed by atoms with Gasteiger partial charge in [0, 0.05) is 57.0 Å². The third kappa shape index (κ3) is 2.06. The van der Waals surface area contributed by atoms with Gasteiger partial charge in [-0.25, -0.2) is 9.97 Å². The molecule has 4 rings (SSSR count). The van der Waals surface area contributed by atoms with E-state index in [1.807, 2.05) is 29.2 Å². The lowest BCUT2D eigenvalue weighted by atomic mass is 10.2. The van der Waals surface area contributed by atoms with Crippen molar-refractivity contribution in [2.45, 2.75) is 31.7 Å². The van der Waals surface area contributed by atoms with Crippen molar-refractivity contribution in [3.63, 3.8) is 0 Å². The van der Waals surface area contributed by atoms with Gasteiger partial charge in [-0.3, -0.25) is 4.90 Å². The van der Waals surface area contributed by atoms with E-state index in [1.54, 1.807) is 0 Å². The number of rotatable bonds is 2. The van der Waals surface area contributed by atoms with E-state index in [2.05, 4.69) is 19.8 Å². The number of nitrogens with zero attached hydrogens (tertiary/aromatic N) is 5. The van der Waals surface area contributed by atoms with Gasteiger partial charge in [-0.15, -0.1) is 0 Å². The van der Waals surface area contributed by atoms with Crippen LogP contribution in [0.1, 0.15) is 25.7 Å². The summed E-state index contributed by atoms with van der Waals surface area (Å²) in [5, 5.41) is 0. The van der Waals surface area contributed by atoms with Crippen LogP contribution < -0.4 is 4.90 Å². The van der Waals surface area contributed by atoms with Gasteiger partial charge in [0.25, 0.3) is 0 Å². The maximum absolute atomic E-state index is 4.55. The van der Waals surface area contributed by atoms with Gasteiger partial charge in [0.15, 0.2) is 11.5 Å². The molecule has 0 N–H and O–H groups in total. The van der Waals surface area contributed by atoms with Crippen molar-refractivity contribution >= 4 is 11.5 Å². The number of aromatic nitrogens is 3. The number of imidazole rings is 1. The van der Waals surface area contributed by atoms with E-state index in [0.717, 1.165) is 43.7 Å². The van der Waals surface area contributed by atoms with Crippen molar-refractivity contribution in [3.05, 3.63) is 24.8 Å². The molecule has 0 atom stereocenters. The Morgan fingerprint density at radius 3 is 2.35 bits per heavy atom. The van der Waals surface area contributed by atoms with E-state index in [9.17, 15) is 0 Å². The van der Waals surface area contributed by atoms with Crippen LogP contribution in [0.4, 0.5) is 5.82 Å². The van der Waals surface area contributed by atoms with Crippen LogP contribution in [0.2, 0.25) is 0 Å². The first-order valence-electron chi connectivity index (χ1n) is 7.68. The van der Waals surface area contributed by atoms with E-state index in [-0.39, 0.29) is 0 Å². The molecule has 20 heavy (non-hydrogen) atoms. The maximum atomic E-state index is 4.55. The Balaban J connectivity index is 1.50. The highest BCUT2D eigenvalue weighted by Gasteiger charge is 2.27. The van der Waals surface area contributed by atoms with Gasteiger partial charge < -0.3 is 9.30 Å². The quantitative estimate of drug-likeness (QED) is 0.834. The Hall–Kier alpha value is -1.62. The average molecular weight is 271 g/mol. The van der Waals surface area contributed by atoms with Crippen molar-refractivity contribution in [1.29, 1.82) is 0 Å². The summed E-state index contributed by atoms with van der Waals surface area (Å²) in [7, 11) is 0. The zero-order valence-corrected chi connectivity index (χ0v) is 11.8. The molecule has 0 amide bonds. The van der Waals surface area contributed by atoms with E-state index in [4.69, 9.17) is 0 Å². The second-order valence-corrected chi connectivity index (χ2v) is 5.87. The molecule has 0 spiro atoms. The third-order valence-electron chi connectivity index (χ3n) is 4.75. The minimum absolute atomic E-state index is 0.840. The molecule has 2 aromatic heterocycles. The summed E-state index contributed by atoms with van der Waals surface area (Å²) in [6.45, 7) is 4.45. The largest absolute Gasteiger partial charge is 0.351 e. The molecule has 106 valence electrons. The average Bonchev–Trinajstić information content (AvgIpc) is 3.18. The number of hydrogen-bond acceptors (Lipinski definition) is 4. The first kappa shape index (κ1) is 12.1. The molecule has 1 saturated carbocycles. The lowest BCUT2D eigenvalue weighted by Gasteiger charge is -2.38. The van der Waals surface area contributed by atoms with Gasteiger partial charge >= 0.3 is 0 Å². The first-order valence-corrected chi connectivity index (χ1v) is 7.68. The highest BCUT2D eigenvalue weighted by atomic mass is 15.3. The molecule has 1 saturated heterocycles. The molecule has 0 unspecified atom stereocenters. The van der Waals surface area contributed by atoms with E-state index in [0.29, 0.717) is 0 Å². The molecule has 0 radical (unpaired) electrons. The van der Waals surface area contributed by atoms with Crippen molar-refractivity contribution in [2.24, 2.45) is 0 Å². The van der Waals surface area contributed by atoms with E-state index >= 15 is 0 Å². The highest BCUT2D eigenvalue weighted by molar-refractivity contribution is 5.64. The molecule has 2 aromatic rings. The van der Waals surface area contributed by atoms with Gasteiger partial charge in [0.1, 0.15) is 0 Å². The maximum Gasteiger partial charge on any atom is 0.180 e. The summed E-state index contributed by atoms with van der Waals surface area (Å²) in [6.07, 6.45) is 13.3. The molecule has 1 aliphatic carbocycles. The lowest BCUT2D eigenvalue weighted by molar-refractivity contribution is 0.187. The predicted octanol–water partition coefficient (Wildman–Crippen LogP) is 1.79. The number of hydrogen-bond donors (Lipinski definition) is 0. The SMILES string of the molecule is c1cn2ccnc2c(N2CCN(C3CCCC3)CC2)n1. The lowest BCUT2D eigenvalue weighted by Crippen LogP contribution is -2.50. The summed E-state index contributed by atoms with van der Waals surface area (Å²) >= 11 is 0. The van der Waals surface area contributed by atoms with Crippen molar-refractivity contribution < 1.29 is 0 Å². The molecule has 3 heterocycles. The summed E-state index contributed by atoms with van der Waals surface area (Å²) in [6, 6.07) is 0.840. The molecule has 0 bridgehead atoms. The zero-order chi connectivity index (χ0) is 13.4. The fraction of sp³-hybridized carbons (Fsp3) is 0.600. The predicted molar refractivity (Wildman–Crippen MR) is 79.0 cm³/mol. The van der Waals surface area contributed by atoms with Crippen molar-refractivity contribution in [2.75, 3.05) is 31.1 Å². The minimum Gasteiger partial charge on any atom is -0.351 e. The van der Waals surface area contributed by atoms with Gasteiger partial charge in [0.2, 0.25) is 0 Å². The fourth-order valence-electron chi connectivity index (χ4n) is 3.63. The Morgan fingerprint density at radius 2 is 1.60 bits per heavy atom. The van der Waals surface area contributed by atoms with E-state index < -0.39 is 0 Å². The first-order chi connectivity index (χ1) is 9.92. The van der Waals surface area contributed by atoms with Crippen LogP contribution in [0.5, 0.6) is 0 Å². The highest BCUT2D eigenvalue weighted by Crippen LogP contribution is 2.26. The molecule has 1 aliphatic heterocycles. The van der Waals surface area contributed by atoms with Gasteiger partial charge in [-0.2, -0.15) is 0 Å². The summed E-state index contributed by atoms with van der Waals surface area (Å²) < 4.78 is 2.05. The minimum atomic E-state index is 0.840. The fourth-order valence-corrected chi connectivity index (χ4v) is 3.63. The number of piperazine rings is 1. The van der Waals surface area contributed by atoms with Crippen LogP contribution in [0.25, 0.3) is 5.65 Å². The van der Waals surface area contributed by atoms with Crippen molar-refractivity contribution in [3.8, 4) is 0 Å². The van der Waals surface area contributed by atoms with E-state index in [1.165, 1.54) is 25.7 Å². The molecule has 2 aliphatic rings.